The number of aliphatic hydroxyl groups excluding tert-OH is 1. The van der Waals surface area contributed by atoms with Crippen LogP contribution in [0.1, 0.15) is 30.9 Å². The third-order valence-electron chi connectivity index (χ3n) is 3.08. The highest BCUT2D eigenvalue weighted by molar-refractivity contribution is 9.10. The third kappa shape index (κ3) is 3.21. The van der Waals surface area contributed by atoms with Crippen molar-refractivity contribution in [2.75, 3.05) is 13.6 Å². The summed E-state index contributed by atoms with van der Waals surface area (Å²) in [5, 5.41) is 12.8. The molecule has 1 fully saturated rings. The van der Waals surface area contributed by atoms with Crippen molar-refractivity contribution in [1.29, 1.82) is 0 Å². The van der Waals surface area contributed by atoms with Crippen LogP contribution in [0.5, 0.6) is 5.75 Å². The first-order valence-electron chi connectivity index (χ1n) is 5.99. The van der Waals surface area contributed by atoms with E-state index in [0.29, 0.717) is 12.6 Å². The second-order valence-electron chi connectivity index (χ2n) is 4.43. The van der Waals surface area contributed by atoms with Crippen LogP contribution in [0, 0.1) is 0 Å². The Morgan fingerprint density at radius 1 is 1.53 bits per heavy atom. The molecule has 94 valence electrons. The highest BCUT2D eigenvalue weighted by atomic mass is 79.9. The monoisotopic (exact) mass is 299 g/mol. The van der Waals surface area contributed by atoms with Crippen LogP contribution >= 0.6 is 15.9 Å². The van der Waals surface area contributed by atoms with E-state index >= 15 is 0 Å². The number of likely N-dealkylation sites (N-methyl/N-ethyl adjacent to an activating group) is 1. The minimum Gasteiger partial charge on any atom is -0.489 e. The summed E-state index contributed by atoms with van der Waals surface area (Å²) in [5.74, 6) is 0.870. The van der Waals surface area contributed by atoms with Crippen molar-refractivity contribution in [2.24, 2.45) is 0 Å². The van der Waals surface area contributed by atoms with E-state index in [0.717, 1.165) is 28.6 Å². The zero-order valence-corrected chi connectivity index (χ0v) is 11.5. The fourth-order valence-corrected chi connectivity index (χ4v) is 2.29. The Morgan fingerprint density at radius 2 is 2.29 bits per heavy atom. The first kappa shape index (κ1) is 12.9. The van der Waals surface area contributed by atoms with E-state index in [9.17, 15) is 5.11 Å². The fourth-order valence-electron chi connectivity index (χ4n) is 1.80. The molecule has 0 heterocycles. The minimum atomic E-state index is -0.478. The number of nitrogens with one attached hydrogen (secondary N) is 1. The molecular formula is C13H18BrNO2. The predicted molar refractivity (Wildman–Crippen MR) is 71.3 cm³/mol. The lowest BCUT2D eigenvalue weighted by Gasteiger charge is -2.27. The molecule has 0 radical (unpaired) electrons. The van der Waals surface area contributed by atoms with E-state index in [-0.39, 0.29) is 0 Å². The molecule has 2 rings (SSSR count). The molecule has 3 nitrogen and oxygen atoms in total. The topological polar surface area (TPSA) is 41.5 Å². The van der Waals surface area contributed by atoms with E-state index in [1.165, 1.54) is 6.42 Å². The molecule has 0 aliphatic heterocycles. The molecular weight excluding hydrogens is 282 g/mol. The zero-order valence-electron chi connectivity index (χ0n) is 9.95. The summed E-state index contributed by atoms with van der Waals surface area (Å²) >= 11 is 3.49. The van der Waals surface area contributed by atoms with Crippen molar-refractivity contribution < 1.29 is 9.84 Å². The minimum absolute atomic E-state index is 0.374. The molecule has 0 spiro atoms. The van der Waals surface area contributed by atoms with Gasteiger partial charge in [0, 0.05) is 6.54 Å². The number of halogens is 1. The molecule has 0 saturated heterocycles. The fraction of sp³-hybridized carbons (Fsp3) is 0.538. The van der Waals surface area contributed by atoms with Crippen LogP contribution in [0.15, 0.2) is 22.7 Å². The Bertz CT molecular complexity index is 380. The van der Waals surface area contributed by atoms with Gasteiger partial charge in [0.05, 0.1) is 16.7 Å². The van der Waals surface area contributed by atoms with Gasteiger partial charge in [-0.05, 0) is 59.9 Å². The maximum Gasteiger partial charge on any atom is 0.133 e. The predicted octanol–water partition coefficient (Wildman–Crippen LogP) is 2.63. The van der Waals surface area contributed by atoms with Crippen LogP contribution in [-0.4, -0.2) is 24.8 Å². The standard InChI is InChI=1S/C13H18BrNO2/c1-15-8-12(16)9-5-6-13(11(14)7-9)17-10-3-2-4-10/h5-7,10,12,15-16H,2-4,8H2,1H3. The van der Waals surface area contributed by atoms with E-state index in [1.807, 2.05) is 25.2 Å². The summed E-state index contributed by atoms with van der Waals surface area (Å²) < 4.78 is 6.75. The zero-order chi connectivity index (χ0) is 12.3. The lowest BCUT2D eigenvalue weighted by Crippen LogP contribution is -2.24. The van der Waals surface area contributed by atoms with Crippen LogP contribution < -0.4 is 10.1 Å². The van der Waals surface area contributed by atoms with Gasteiger partial charge in [-0.3, -0.25) is 0 Å². The largest absolute Gasteiger partial charge is 0.489 e. The molecule has 4 heteroatoms. The average Bonchev–Trinajstić information content (AvgIpc) is 2.25. The summed E-state index contributed by atoms with van der Waals surface area (Å²) in [5.41, 5.74) is 0.896. The van der Waals surface area contributed by atoms with Gasteiger partial charge in [0.2, 0.25) is 0 Å². The van der Waals surface area contributed by atoms with Gasteiger partial charge in [-0.1, -0.05) is 6.07 Å². The van der Waals surface area contributed by atoms with E-state index in [4.69, 9.17) is 4.74 Å². The average molecular weight is 300 g/mol. The Hall–Kier alpha value is -0.580. The van der Waals surface area contributed by atoms with Crippen molar-refractivity contribution in [2.45, 2.75) is 31.5 Å². The van der Waals surface area contributed by atoms with Crippen molar-refractivity contribution in [1.82, 2.24) is 5.32 Å². The van der Waals surface area contributed by atoms with Crippen LogP contribution in [0.25, 0.3) is 0 Å². The molecule has 0 amide bonds. The van der Waals surface area contributed by atoms with Crippen molar-refractivity contribution in [3.8, 4) is 5.75 Å². The molecule has 1 aromatic carbocycles. The molecule has 2 N–H and O–H groups in total. The summed E-state index contributed by atoms with van der Waals surface area (Å²) in [7, 11) is 1.83. The Balaban J connectivity index is 2.04. The molecule has 1 aliphatic carbocycles. The Kier molecular flexibility index (Phi) is 4.42. The Labute approximate surface area is 110 Å². The highest BCUT2D eigenvalue weighted by Gasteiger charge is 2.20. The first-order valence-corrected chi connectivity index (χ1v) is 6.79. The summed E-state index contributed by atoms with van der Waals surface area (Å²) in [6.07, 6.45) is 3.46. The molecule has 0 bridgehead atoms. The lowest BCUT2D eigenvalue weighted by molar-refractivity contribution is 0.119. The van der Waals surface area contributed by atoms with Gasteiger partial charge < -0.3 is 15.2 Å². The van der Waals surface area contributed by atoms with Gasteiger partial charge in [-0.2, -0.15) is 0 Å². The van der Waals surface area contributed by atoms with E-state index < -0.39 is 6.10 Å². The maximum absolute atomic E-state index is 9.85. The summed E-state index contributed by atoms with van der Waals surface area (Å²) in [6, 6.07) is 5.77. The van der Waals surface area contributed by atoms with Crippen LogP contribution in [0.3, 0.4) is 0 Å². The second kappa shape index (κ2) is 5.85. The molecule has 1 saturated carbocycles. The van der Waals surface area contributed by atoms with Gasteiger partial charge in [0.1, 0.15) is 5.75 Å². The van der Waals surface area contributed by atoms with Crippen LogP contribution in [0.4, 0.5) is 0 Å². The third-order valence-corrected chi connectivity index (χ3v) is 3.70. The number of hydrogen-bond donors (Lipinski definition) is 2. The summed E-state index contributed by atoms with van der Waals surface area (Å²) in [6.45, 7) is 0.551. The van der Waals surface area contributed by atoms with Crippen molar-refractivity contribution >= 4 is 15.9 Å². The first-order chi connectivity index (χ1) is 8.20. The number of aliphatic hydroxyl groups is 1. The molecule has 1 aromatic rings. The van der Waals surface area contributed by atoms with Gasteiger partial charge >= 0.3 is 0 Å². The number of rotatable bonds is 5. The quantitative estimate of drug-likeness (QED) is 0.878. The van der Waals surface area contributed by atoms with Crippen molar-refractivity contribution in [3.63, 3.8) is 0 Å². The molecule has 1 atom stereocenters. The Morgan fingerprint density at radius 3 is 2.82 bits per heavy atom. The highest BCUT2D eigenvalue weighted by Crippen LogP contribution is 2.32. The normalized spacial score (nSPS) is 17.6. The second-order valence-corrected chi connectivity index (χ2v) is 5.29. The van der Waals surface area contributed by atoms with Gasteiger partial charge in [-0.25, -0.2) is 0 Å². The van der Waals surface area contributed by atoms with Crippen LogP contribution in [-0.2, 0) is 0 Å². The molecule has 0 aromatic heterocycles. The van der Waals surface area contributed by atoms with Crippen LogP contribution in [0.2, 0.25) is 0 Å². The maximum atomic E-state index is 9.85. The molecule has 1 aliphatic rings. The molecule has 1 unspecified atom stereocenters. The number of benzene rings is 1. The summed E-state index contributed by atoms with van der Waals surface area (Å²) in [4.78, 5) is 0. The van der Waals surface area contributed by atoms with Crippen molar-refractivity contribution in [3.05, 3.63) is 28.2 Å². The van der Waals surface area contributed by atoms with Gasteiger partial charge in [-0.15, -0.1) is 0 Å². The van der Waals surface area contributed by atoms with E-state index in [1.54, 1.807) is 0 Å². The van der Waals surface area contributed by atoms with E-state index in [2.05, 4.69) is 21.2 Å². The number of ether oxygens (including phenoxy) is 1. The van der Waals surface area contributed by atoms with Gasteiger partial charge in [0.15, 0.2) is 0 Å². The van der Waals surface area contributed by atoms with Gasteiger partial charge in [0.25, 0.3) is 0 Å². The number of hydrogen-bond acceptors (Lipinski definition) is 3. The smallest absolute Gasteiger partial charge is 0.133 e. The lowest BCUT2D eigenvalue weighted by atomic mass is 9.96. The SMILES string of the molecule is CNCC(O)c1ccc(OC2CCC2)c(Br)c1. The molecule has 17 heavy (non-hydrogen) atoms.